The number of anilines is 2. The van der Waals surface area contributed by atoms with E-state index in [2.05, 4.69) is 5.32 Å². The van der Waals surface area contributed by atoms with E-state index in [4.69, 9.17) is 5.73 Å². The van der Waals surface area contributed by atoms with Crippen molar-refractivity contribution < 1.29 is 19.5 Å². The number of primary amides is 1. The first kappa shape index (κ1) is 20.4. The van der Waals surface area contributed by atoms with Gasteiger partial charge in [0.25, 0.3) is 11.8 Å². The highest BCUT2D eigenvalue weighted by atomic mass is 16.4. The van der Waals surface area contributed by atoms with Crippen LogP contribution in [0.3, 0.4) is 0 Å². The van der Waals surface area contributed by atoms with Crippen molar-refractivity contribution >= 4 is 29.2 Å². The second kappa shape index (κ2) is 8.50. The van der Waals surface area contributed by atoms with Crippen molar-refractivity contribution in [3.8, 4) is 0 Å². The van der Waals surface area contributed by atoms with Crippen molar-refractivity contribution in [3.63, 3.8) is 0 Å². The molecule has 7 nitrogen and oxygen atoms in total. The lowest BCUT2D eigenvalue weighted by atomic mass is 9.88. The first-order valence-corrected chi connectivity index (χ1v) is 10.9. The van der Waals surface area contributed by atoms with Gasteiger partial charge in [0.15, 0.2) is 0 Å². The van der Waals surface area contributed by atoms with Gasteiger partial charge in [0.1, 0.15) is 0 Å². The number of benzene rings is 1. The molecule has 3 aliphatic rings. The number of nitrogens with one attached hydrogen (secondary N) is 1. The smallest absolute Gasteiger partial charge is 0.308 e. The van der Waals surface area contributed by atoms with Crippen molar-refractivity contribution in [1.82, 2.24) is 0 Å². The monoisotopic (exact) mass is 411 g/mol. The molecule has 0 saturated heterocycles. The number of rotatable bonds is 6. The standard InChI is InChI=1S/C23H29N3O4/c24-22(29)17-11-10-15(12-19(17)25-14-6-2-1-3-7-14)26-20-9-5-4-8-16(20)18(23(26)30)13-21(27)28/h10-12,14,20,25H,1-9,13H2,(H2,24,29)(H,27,28). The van der Waals surface area contributed by atoms with E-state index in [1.807, 2.05) is 6.07 Å². The molecule has 4 rings (SSSR count). The normalized spacial score (nSPS) is 22.2. The Balaban J connectivity index is 1.67. The van der Waals surface area contributed by atoms with Crippen LogP contribution in [0.25, 0.3) is 0 Å². The summed E-state index contributed by atoms with van der Waals surface area (Å²) in [6.07, 6.45) is 8.96. The van der Waals surface area contributed by atoms with Gasteiger partial charge in [-0.1, -0.05) is 25.7 Å². The van der Waals surface area contributed by atoms with Crippen molar-refractivity contribution in [3.05, 3.63) is 34.9 Å². The van der Waals surface area contributed by atoms with Crippen molar-refractivity contribution in [1.29, 1.82) is 0 Å². The summed E-state index contributed by atoms with van der Waals surface area (Å²) >= 11 is 0. The van der Waals surface area contributed by atoms with Gasteiger partial charge in [0.05, 0.1) is 18.0 Å². The van der Waals surface area contributed by atoms with Crippen LogP contribution in [0.1, 0.15) is 74.6 Å². The highest BCUT2D eigenvalue weighted by molar-refractivity contribution is 6.12. The third kappa shape index (κ3) is 3.93. The molecular formula is C23H29N3O4. The number of amides is 2. The minimum absolute atomic E-state index is 0.0949. The Kier molecular flexibility index (Phi) is 5.79. The van der Waals surface area contributed by atoms with Crippen LogP contribution in [0.15, 0.2) is 29.3 Å². The van der Waals surface area contributed by atoms with Gasteiger partial charge in [-0.25, -0.2) is 0 Å². The van der Waals surface area contributed by atoms with Crippen molar-refractivity contribution in [2.45, 2.75) is 76.3 Å². The van der Waals surface area contributed by atoms with Crippen LogP contribution in [-0.2, 0) is 9.59 Å². The number of nitrogens with zero attached hydrogens (tertiary/aromatic N) is 1. The molecule has 1 aliphatic heterocycles. The zero-order valence-electron chi connectivity index (χ0n) is 17.2. The number of aliphatic carboxylic acids is 1. The SMILES string of the molecule is NC(=O)c1ccc(N2C(=O)C(CC(=O)O)=C3CCCCC32)cc1NC1CCCCC1. The summed E-state index contributed by atoms with van der Waals surface area (Å²) in [6, 6.07) is 5.45. The van der Waals surface area contributed by atoms with Gasteiger partial charge in [-0.2, -0.15) is 0 Å². The Morgan fingerprint density at radius 3 is 2.53 bits per heavy atom. The van der Waals surface area contributed by atoms with Gasteiger partial charge in [-0.15, -0.1) is 0 Å². The maximum absolute atomic E-state index is 13.2. The summed E-state index contributed by atoms with van der Waals surface area (Å²) in [6.45, 7) is 0. The molecule has 30 heavy (non-hydrogen) atoms. The van der Waals surface area contributed by atoms with E-state index in [9.17, 15) is 19.5 Å². The maximum Gasteiger partial charge on any atom is 0.308 e. The average Bonchev–Trinajstić information content (AvgIpc) is 3.00. The number of nitrogens with two attached hydrogens (primary N) is 1. The van der Waals surface area contributed by atoms with Gasteiger partial charge in [-0.05, 0) is 55.9 Å². The van der Waals surface area contributed by atoms with Crippen LogP contribution in [0.4, 0.5) is 11.4 Å². The first-order chi connectivity index (χ1) is 14.5. The Morgan fingerprint density at radius 2 is 1.83 bits per heavy atom. The molecule has 1 unspecified atom stereocenters. The quantitative estimate of drug-likeness (QED) is 0.662. The fraction of sp³-hybridized carbons (Fsp3) is 0.522. The number of carbonyl (C=O) groups is 3. The minimum Gasteiger partial charge on any atom is -0.481 e. The number of hydrogen-bond acceptors (Lipinski definition) is 4. The van der Waals surface area contributed by atoms with E-state index in [-0.39, 0.29) is 24.4 Å². The number of carbonyl (C=O) groups excluding carboxylic acids is 2. The Morgan fingerprint density at radius 1 is 1.10 bits per heavy atom. The molecule has 0 aromatic heterocycles. The second-order valence-corrected chi connectivity index (χ2v) is 8.58. The zero-order chi connectivity index (χ0) is 21.3. The average molecular weight is 412 g/mol. The van der Waals surface area contributed by atoms with Crippen molar-refractivity contribution in [2.75, 3.05) is 10.2 Å². The number of hydrogen-bond donors (Lipinski definition) is 3. The number of carboxylic acids is 1. The van der Waals surface area contributed by atoms with Gasteiger partial charge in [0, 0.05) is 23.0 Å². The Hall–Kier alpha value is -2.83. The molecule has 2 aliphatic carbocycles. The summed E-state index contributed by atoms with van der Waals surface area (Å²) in [5, 5.41) is 12.8. The van der Waals surface area contributed by atoms with Crippen molar-refractivity contribution in [2.24, 2.45) is 5.73 Å². The lowest BCUT2D eigenvalue weighted by molar-refractivity contribution is -0.136. The summed E-state index contributed by atoms with van der Waals surface area (Å²) in [5.74, 6) is -1.72. The molecule has 2 amide bonds. The number of carboxylic acid groups (broad SMARTS) is 1. The molecule has 1 heterocycles. The molecule has 0 radical (unpaired) electrons. The highest BCUT2D eigenvalue weighted by Gasteiger charge is 2.41. The minimum atomic E-state index is -0.985. The molecule has 1 aromatic carbocycles. The number of fused-ring (bicyclic) bond motifs is 1. The van der Waals surface area contributed by atoms with E-state index in [1.54, 1.807) is 17.0 Å². The topological polar surface area (TPSA) is 113 Å². The zero-order valence-corrected chi connectivity index (χ0v) is 17.2. The van der Waals surface area contributed by atoms with Crippen LogP contribution in [0.2, 0.25) is 0 Å². The third-order valence-electron chi connectivity index (χ3n) is 6.59. The Bertz CT molecular complexity index is 902. The highest BCUT2D eigenvalue weighted by Crippen LogP contribution is 2.41. The molecule has 160 valence electrons. The summed E-state index contributed by atoms with van der Waals surface area (Å²) in [4.78, 5) is 38.3. The molecule has 2 saturated carbocycles. The largest absolute Gasteiger partial charge is 0.481 e. The van der Waals surface area contributed by atoms with Crippen LogP contribution in [-0.4, -0.2) is 35.0 Å². The maximum atomic E-state index is 13.2. The van der Waals surface area contributed by atoms with Gasteiger partial charge in [-0.3, -0.25) is 14.4 Å². The third-order valence-corrected chi connectivity index (χ3v) is 6.59. The van der Waals surface area contributed by atoms with E-state index < -0.39 is 11.9 Å². The molecular weight excluding hydrogens is 382 g/mol. The molecule has 1 aromatic rings. The van der Waals surface area contributed by atoms with Crippen LogP contribution < -0.4 is 16.0 Å². The summed E-state index contributed by atoms with van der Waals surface area (Å²) < 4.78 is 0. The Labute approximate surface area is 176 Å². The molecule has 7 heteroatoms. The first-order valence-electron chi connectivity index (χ1n) is 10.9. The van der Waals surface area contributed by atoms with Gasteiger partial charge in [0.2, 0.25) is 0 Å². The molecule has 1 atom stereocenters. The van der Waals surface area contributed by atoms with E-state index in [1.165, 1.54) is 6.42 Å². The molecule has 0 spiro atoms. The second-order valence-electron chi connectivity index (χ2n) is 8.58. The van der Waals surface area contributed by atoms with Crippen LogP contribution in [0, 0.1) is 0 Å². The van der Waals surface area contributed by atoms with Crippen LogP contribution in [0.5, 0.6) is 0 Å². The molecule has 2 fully saturated rings. The van der Waals surface area contributed by atoms with E-state index in [0.29, 0.717) is 22.5 Å². The molecule has 0 bridgehead atoms. The lowest BCUT2D eigenvalue weighted by Crippen LogP contribution is -2.37. The van der Waals surface area contributed by atoms with E-state index in [0.717, 1.165) is 56.9 Å². The van der Waals surface area contributed by atoms with Crippen LogP contribution >= 0.6 is 0 Å². The lowest BCUT2D eigenvalue weighted by Gasteiger charge is -2.31. The predicted octanol–water partition coefficient (Wildman–Crippen LogP) is 3.59. The predicted molar refractivity (Wildman–Crippen MR) is 114 cm³/mol. The summed E-state index contributed by atoms with van der Waals surface area (Å²) in [7, 11) is 0. The molecule has 4 N–H and O–H groups in total. The summed E-state index contributed by atoms with van der Waals surface area (Å²) in [5.41, 5.74) is 8.75. The fourth-order valence-corrected chi connectivity index (χ4v) is 5.18. The van der Waals surface area contributed by atoms with E-state index >= 15 is 0 Å². The van der Waals surface area contributed by atoms with Gasteiger partial charge < -0.3 is 21.1 Å². The van der Waals surface area contributed by atoms with Gasteiger partial charge >= 0.3 is 5.97 Å². The fourth-order valence-electron chi connectivity index (χ4n) is 5.18.